The van der Waals surface area contributed by atoms with Crippen LogP contribution in [0.1, 0.15) is 34.7 Å². The second-order valence-corrected chi connectivity index (χ2v) is 5.44. The quantitative estimate of drug-likeness (QED) is 0.910. The largest absolute Gasteiger partial charge is 0.312 e. The van der Waals surface area contributed by atoms with Gasteiger partial charge in [-0.25, -0.2) is 0 Å². The topological polar surface area (TPSA) is 29.9 Å². The highest BCUT2D eigenvalue weighted by Gasteiger charge is 2.21. The standard InChI is InChI=1S/C16H21N3/c1-12-15(11-18-19(12)2)10-17-9-14-8-7-13-5-3-4-6-16(13)14/h3-6,11,14,17H,7-10H2,1-2H3/t14-/m1/s1. The number of fused-ring (bicyclic) bond motifs is 1. The Hall–Kier alpha value is -1.61. The number of rotatable bonds is 4. The van der Waals surface area contributed by atoms with E-state index in [1.54, 1.807) is 0 Å². The molecule has 100 valence electrons. The van der Waals surface area contributed by atoms with Crippen LogP contribution in [0.15, 0.2) is 30.5 Å². The number of hydrogen-bond acceptors (Lipinski definition) is 2. The summed E-state index contributed by atoms with van der Waals surface area (Å²) in [5.41, 5.74) is 5.62. The molecule has 3 rings (SSSR count). The lowest BCUT2D eigenvalue weighted by atomic mass is 10.0. The number of benzene rings is 1. The first kappa shape index (κ1) is 12.4. The van der Waals surface area contributed by atoms with Crippen molar-refractivity contribution in [3.05, 3.63) is 52.8 Å². The summed E-state index contributed by atoms with van der Waals surface area (Å²) in [4.78, 5) is 0. The van der Waals surface area contributed by atoms with Crippen molar-refractivity contribution in [2.24, 2.45) is 7.05 Å². The predicted octanol–water partition coefficient (Wildman–Crippen LogP) is 2.55. The third-order valence-electron chi connectivity index (χ3n) is 4.30. The van der Waals surface area contributed by atoms with Gasteiger partial charge in [-0.05, 0) is 36.8 Å². The summed E-state index contributed by atoms with van der Waals surface area (Å²) < 4.78 is 1.93. The van der Waals surface area contributed by atoms with Gasteiger partial charge in [-0.1, -0.05) is 24.3 Å². The van der Waals surface area contributed by atoms with Crippen LogP contribution >= 0.6 is 0 Å². The van der Waals surface area contributed by atoms with Gasteiger partial charge in [0.05, 0.1) is 6.20 Å². The van der Waals surface area contributed by atoms with Crippen LogP contribution < -0.4 is 5.32 Å². The Labute approximate surface area is 114 Å². The summed E-state index contributed by atoms with van der Waals surface area (Å²) in [6.45, 7) is 4.10. The third-order valence-corrected chi connectivity index (χ3v) is 4.30. The van der Waals surface area contributed by atoms with Gasteiger partial charge < -0.3 is 5.32 Å². The van der Waals surface area contributed by atoms with Crippen LogP contribution in [0.5, 0.6) is 0 Å². The molecule has 1 atom stereocenters. The molecule has 0 aliphatic heterocycles. The summed E-state index contributed by atoms with van der Waals surface area (Å²) in [6, 6.07) is 8.85. The average molecular weight is 255 g/mol. The van der Waals surface area contributed by atoms with E-state index in [2.05, 4.69) is 41.6 Å². The summed E-state index contributed by atoms with van der Waals surface area (Å²) in [6.07, 6.45) is 4.47. The molecule has 3 heteroatoms. The molecule has 0 saturated carbocycles. The van der Waals surface area contributed by atoms with Crippen molar-refractivity contribution in [1.29, 1.82) is 0 Å². The molecule has 1 aliphatic rings. The van der Waals surface area contributed by atoms with Gasteiger partial charge in [0.25, 0.3) is 0 Å². The van der Waals surface area contributed by atoms with Crippen LogP contribution in [0.4, 0.5) is 0 Å². The first-order valence-electron chi connectivity index (χ1n) is 7.01. The zero-order valence-electron chi connectivity index (χ0n) is 11.7. The van der Waals surface area contributed by atoms with E-state index in [1.807, 2.05) is 17.9 Å². The number of aryl methyl sites for hydroxylation is 2. The summed E-state index contributed by atoms with van der Waals surface area (Å²) >= 11 is 0. The van der Waals surface area contributed by atoms with Crippen LogP contribution in [0.3, 0.4) is 0 Å². The summed E-state index contributed by atoms with van der Waals surface area (Å²) in [5, 5.41) is 7.86. The molecule has 1 N–H and O–H groups in total. The monoisotopic (exact) mass is 255 g/mol. The van der Waals surface area contributed by atoms with Crippen LogP contribution in [0, 0.1) is 6.92 Å². The van der Waals surface area contributed by atoms with Gasteiger partial charge in [0.1, 0.15) is 0 Å². The lowest BCUT2D eigenvalue weighted by molar-refractivity contribution is 0.577. The highest BCUT2D eigenvalue weighted by molar-refractivity contribution is 5.35. The minimum Gasteiger partial charge on any atom is -0.312 e. The van der Waals surface area contributed by atoms with Gasteiger partial charge in [-0.15, -0.1) is 0 Å². The van der Waals surface area contributed by atoms with E-state index in [4.69, 9.17) is 0 Å². The molecular formula is C16H21N3. The Kier molecular flexibility index (Phi) is 3.38. The zero-order valence-corrected chi connectivity index (χ0v) is 11.7. The first-order valence-corrected chi connectivity index (χ1v) is 7.01. The van der Waals surface area contributed by atoms with Crippen molar-refractivity contribution in [2.75, 3.05) is 6.54 Å². The number of nitrogens with one attached hydrogen (secondary N) is 1. The molecule has 1 aromatic heterocycles. The molecule has 1 aliphatic carbocycles. The van der Waals surface area contributed by atoms with Crippen LogP contribution in [0.2, 0.25) is 0 Å². The van der Waals surface area contributed by atoms with Gasteiger partial charge in [0, 0.05) is 31.4 Å². The van der Waals surface area contributed by atoms with E-state index in [0.29, 0.717) is 5.92 Å². The average Bonchev–Trinajstić information content (AvgIpc) is 2.97. The molecule has 0 spiro atoms. The smallest absolute Gasteiger partial charge is 0.0537 e. The molecule has 0 unspecified atom stereocenters. The van der Waals surface area contributed by atoms with E-state index < -0.39 is 0 Å². The Morgan fingerprint density at radius 2 is 2.21 bits per heavy atom. The van der Waals surface area contributed by atoms with Crippen molar-refractivity contribution in [1.82, 2.24) is 15.1 Å². The lowest BCUT2D eigenvalue weighted by Gasteiger charge is -2.12. The van der Waals surface area contributed by atoms with Crippen LogP contribution in [-0.4, -0.2) is 16.3 Å². The van der Waals surface area contributed by atoms with Gasteiger partial charge in [-0.2, -0.15) is 5.10 Å². The van der Waals surface area contributed by atoms with Crippen LogP contribution in [-0.2, 0) is 20.0 Å². The Bertz CT molecular complexity index is 571. The molecular weight excluding hydrogens is 234 g/mol. The molecule has 0 bridgehead atoms. The van der Waals surface area contributed by atoms with E-state index in [1.165, 1.54) is 35.2 Å². The highest BCUT2D eigenvalue weighted by atomic mass is 15.3. The van der Waals surface area contributed by atoms with Crippen molar-refractivity contribution >= 4 is 0 Å². The number of aromatic nitrogens is 2. The second kappa shape index (κ2) is 5.17. The van der Waals surface area contributed by atoms with Gasteiger partial charge in [-0.3, -0.25) is 4.68 Å². The molecule has 2 aromatic rings. The van der Waals surface area contributed by atoms with E-state index in [0.717, 1.165) is 13.1 Å². The van der Waals surface area contributed by atoms with Crippen molar-refractivity contribution in [2.45, 2.75) is 32.2 Å². The van der Waals surface area contributed by atoms with E-state index in [-0.39, 0.29) is 0 Å². The summed E-state index contributed by atoms with van der Waals surface area (Å²) in [5.74, 6) is 0.674. The maximum Gasteiger partial charge on any atom is 0.0537 e. The molecule has 0 saturated heterocycles. The minimum atomic E-state index is 0.674. The maximum absolute atomic E-state index is 4.28. The molecule has 0 fully saturated rings. The second-order valence-electron chi connectivity index (χ2n) is 5.44. The zero-order chi connectivity index (χ0) is 13.2. The predicted molar refractivity (Wildman–Crippen MR) is 77.2 cm³/mol. The SMILES string of the molecule is Cc1c(CNC[C@H]2CCc3ccccc32)cnn1C. The molecule has 0 amide bonds. The van der Waals surface area contributed by atoms with E-state index in [9.17, 15) is 0 Å². The fourth-order valence-electron chi connectivity index (χ4n) is 2.96. The first-order chi connectivity index (χ1) is 9.25. The van der Waals surface area contributed by atoms with Crippen LogP contribution in [0.25, 0.3) is 0 Å². The summed E-state index contributed by atoms with van der Waals surface area (Å²) in [7, 11) is 1.99. The number of hydrogen-bond donors (Lipinski definition) is 1. The fourth-order valence-corrected chi connectivity index (χ4v) is 2.96. The molecule has 3 nitrogen and oxygen atoms in total. The van der Waals surface area contributed by atoms with Gasteiger partial charge in [0.2, 0.25) is 0 Å². The van der Waals surface area contributed by atoms with Gasteiger partial charge in [0.15, 0.2) is 0 Å². The maximum atomic E-state index is 4.28. The van der Waals surface area contributed by atoms with Crippen molar-refractivity contribution < 1.29 is 0 Å². The molecule has 1 heterocycles. The Morgan fingerprint density at radius 3 is 3.00 bits per heavy atom. The van der Waals surface area contributed by atoms with Crippen molar-refractivity contribution in [3.63, 3.8) is 0 Å². The molecule has 1 aromatic carbocycles. The molecule has 19 heavy (non-hydrogen) atoms. The molecule has 0 radical (unpaired) electrons. The lowest BCUT2D eigenvalue weighted by Crippen LogP contribution is -2.20. The van der Waals surface area contributed by atoms with E-state index >= 15 is 0 Å². The number of nitrogens with zero attached hydrogens (tertiary/aromatic N) is 2. The normalized spacial score (nSPS) is 17.7. The third kappa shape index (κ3) is 2.43. The Balaban J connectivity index is 1.58. The highest BCUT2D eigenvalue weighted by Crippen LogP contribution is 2.32. The minimum absolute atomic E-state index is 0.674. The Morgan fingerprint density at radius 1 is 1.37 bits per heavy atom. The van der Waals surface area contributed by atoms with Crippen molar-refractivity contribution in [3.8, 4) is 0 Å². The van der Waals surface area contributed by atoms with Gasteiger partial charge >= 0.3 is 0 Å². The fraction of sp³-hybridized carbons (Fsp3) is 0.438.